The van der Waals surface area contributed by atoms with Crippen molar-refractivity contribution in [3.8, 4) is 0 Å². The average molecular weight is 433 g/mol. The number of hydrogen-bond acceptors (Lipinski definition) is 1. The van der Waals surface area contributed by atoms with Crippen LogP contribution in [-0.2, 0) is 5.41 Å². The lowest BCUT2D eigenvalue weighted by Crippen LogP contribution is -2.40. The van der Waals surface area contributed by atoms with Gasteiger partial charge in [-0.25, -0.2) is 4.98 Å². The Morgan fingerprint density at radius 2 is 1.28 bits per heavy atom. The van der Waals surface area contributed by atoms with Gasteiger partial charge in [-0.2, -0.15) is 0 Å². The lowest BCUT2D eigenvalue weighted by atomic mass is 9.62. The van der Waals surface area contributed by atoms with Gasteiger partial charge in [0.1, 0.15) is 5.82 Å². The summed E-state index contributed by atoms with van der Waals surface area (Å²) in [6.45, 7) is 0. The van der Waals surface area contributed by atoms with Crippen LogP contribution in [0.2, 0.25) is 5.02 Å². The molecule has 0 amide bonds. The summed E-state index contributed by atoms with van der Waals surface area (Å²) >= 11 is 6.26. The van der Waals surface area contributed by atoms with Crippen LogP contribution in [0.3, 0.4) is 0 Å². The predicted molar refractivity (Wildman–Crippen MR) is 132 cm³/mol. The molecule has 0 saturated carbocycles. The van der Waals surface area contributed by atoms with E-state index >= 15 is 0 Å². The van der Waals surface area contributed by atoms with E-state index in [4.69, 9.17) is 16.6 Å². The Bertz CT molecular complexity index is 1380. The van der Waals surface area contributed by atoms with Gasteiger partial charge in [0, 0.05) is 17.1 Å². The first kappa shape index (κ1) is 19.1. The second-order valence-corrected chi connectivity index (χ2v) is 8.64. The van der Waals surface area contributed by atoms with Gasteiger partial charge in [-0.3, -0.25) is 0 Å². The van der Waals surface area contributed by atoms with E-state index < -0.39 is 5.41 Å². The first-order chi connectivity index (χ1) is 15.8. The molecular formula is C29H21ClN2. The molecule has 0 spiro atoms. The van der Waals surface area contributed by atoms with Crippen molar-refractivity contribution in [2.24, 2.45) is 0 Å². The van der Waals surface area contributed by atoms with Crippen molar-refractivity contribution in [1.29, 1.82) is 0 Å². The van der Waals surface area contributed by atoms with Gasteiger partial charge in [0.25, 0.3) is 0 Å². The molecule has 6 rings (SSSR count). The summed E-state index contributed by atoms with van der Waals surface area (Å²) in [6.07, 6.45) is 4.48. The lowest BCUT2D eigenvalue weighted by molar-refractivity contribution is 0.503. The van der Waals surface area contributed by atoms with E-state index in [1.807, 2.05) is 12.1 Å². The van der Waals surface area contributed by atoms with Crippen LogP contribution in [0.4, 0.5) is 0 Å². The molecule has 2 heterocycles. The molecule has 0 fully saturated rings. The summed E-state index contributed by atoms with van der Waals surface area (Å²) in [4.78, 5) is 5.24. The molecule has 0 bridgehead atoms. The van der Waals surface area contributed by atoms with Crippen molar-refractivity contribution in [2.75, 3.05) is 0 Å². The summed E-state index contributed by atoms with van der Waals surface area (Å²) in [5.74, 6) is 1.08. The summed E-state index contributed by atoms with van der Waals surface area (Å²) in [5.41, 5.74) is 5.25. The Morgan fingerprint density at radius 3 is 1.94 bits per heavy atom. The van der Waals surface area contributed by atoms with E-state index in [1.165, 1.54) is 16.7 Å². The van der Waals surface area contributed by atoms with Crippen LogP contribution in [0, 0.1) is 0 Å². The van der Waals surface area contributed by atoms with E-state index in [0.29, 0.717) is 0 Å². The molecule has 4 aromatic carbocycles. The highest BCUT2D eigenvalue weighted by Crippen LogP contribution is 2.52. The second-order valence-electron chi connectivity index (χ2n) is 8.20. The number of benzene rings is 4. The molecular weight excluding hydrogens is 412 g/mol. The molecule has 2 nitrogen and oxygen atoms in total. The zero-order chi connectivity index (χ0) is 21.5. The number of imidazole rings is 1. The fraction of sp³-hybridized carbons (Fsp3) is 0.0690. The Morgan fingerprint density at radius 1 is 0.688 bits per heavy atom. The van der Waals surface area contributed by atoms with E-state index in [-0.39, 0.29) is 5.92 Å². The normalized spacial score (nSPS) is 16.7. The topological polar surface area (TPSA) is 17.8 Å². The van der Waals surface area contributed by atoms with Crippen LogP contribution < -0.4 is 0 Å². The Kier molecular flexibility index (Phi) is 4.48. The number of fused-ring (bicyclic) bond motifs is 3. The molecule has 1 aliphatic heterocycles. The third-order valence-corrected chi connectivity index (χ3v) is 6.78. The van der Waals surface area contributed by atoms with Crippen LogP contribution in [0.25, 0.3) is 17.2 Å². The number of allylic oxidation sites excluding steroid dienone is 1. The number of hydrogen-bond donors (Lipinski definition) is 0. The van der Waals surface area contributed by atoms with Gasteiger partial charge in [0.2, 0.25) is 0 Å². The van der Waals surface area contributed by atoms with Crippen molar-refractivity contribution in [1.82, 2.24) is 9.55 Å². The maximum absolute atomic E-state index is 6.26. The summed E-state index contributed by atoms with van der Waals surface area (Å²) in [7, 11) is 0. The third-order valence-electron chi connectivity index (χ3n) is 6.53. The minimum Gasteiger partial charge on any atom is -0.302 e. The number of para-hydroxylation sites is 2. The maximum Gasteiger partial charge on any atom is 0.130 e. The van der Waals surface area contributed by atoms with Crippen LogP contribution in [-0.4, -0.2) is 9.55 Å². The SMILES string of the molecule is Clc1ccc(C2C=Cn3c(nc4ccccc43)C2(c2ccccc2)c2ccccc2)cc1. The minimum absolute atomic E-state index is 0.0499. The smallest absolute Gasteiger partial charge is 0.130 e. The van der Waals surface area contributed by atoms with Gasteiger partial charge in [0.05, 0.1) is 16.4 Å². The Hall–Kier alpha value is -3.62. The highest BCUT2D eigenvalue weighted by atomic mass is 35.5. The zero-order valence-electron chi connectivity index (χ0n) is 17.4. The molecule has 0 N–H and O–H groups in total. The second kappa shape index (κ2) is 7.51. The van der Waals surface area contributed by atoms with Crippen molar-refractivity contribution in [2.45, 2.75) is 11.3 Å². The fourth-order valence-corrected chi connectivity index (χ4v) is 5.27. The molecule has 0 aliphatic carbocycles. The molecule has 32 heavy (non-hydrogen) atoms. The van der Waals surface area contributed by atoms with Crippen molar-refractivity contribution in [3.05, 3.63) is 143 Å². The van der Waals surface area contributed by atoms with Crippen molar-refractivity contribution >= 4 is 28.8 Å². The van der Waals surface area contributed by atoms with E-state index in [9.17, 15) is 0 Å². The lowest BCUT2D eigenvalue weighted by Gasteiger charge is -2.42. The van der Waals surface area contributed by atoms with Gasteiger partial charge in [-0.05, 0) is 41.0 Å². The molecule has 0 radical (unpaired) electrons. The summed E-state index contributed by atoms with van der Waals surface area (Å²) in [5, 5.41) is 0.741. The van der Waals surface area contributed by atoms with Crippen molar-refractivity contribution in [3.63, 3.8) is 0 Å². The minimum atomic E-state index is -0.496. The molecule has 1 unspecified atom stereocenters. The first-order valence-electron chi connectivity index (χ1n) is 10.8. The van der Waals surface area contributed by atoms with Gasteiger partial charge in [-0.15, -0.1) is 0 Å². The van der Waals surface area contributed by atoms with E-state index in [2.05, 4.69) is 114 Å². The largest absolute Gasteiger partial charge is 0.302 e. The van der Waals surface area contributed by atoms with Crippen LogP contribution in [0.5, 0.6) is 0 Å². The number of rotatable bonds is 3. The van der Waals surface area contributed by atoms with E-state index in [0.717, 1.165) is 21.9 Å². The quantitative estimate of drug-likeness (QED) is 0.292. The molecule has 154 valence electrons. The predicted octanol–water partition coefficient (Wildman–Crippen LogP) is 7.29. The van der Waals surface area contributed by atoms with E-state index in [1.54, 1.807) is 0 Å². The summed E-state index contributed by atoms with van der Waals surface area (Å²) < 4.78 is 2.25. The summed E-state index contributed by atoms with van der Waals surface area (Å²) in [6, 6.07) is 38.1. The molecule has 3 heteroatoms. The number of nitrogens with zero attached hydrogens (tertiary/aromatic N) is 2. The molecule has 5 aromatic rings. The van der Waals surface area contributed by atoms with Gasteiger partial charge >= 0.3 is 0 Å². The van der Waals surface area contributed by atoms with Gasteiger partial charge < -0.3 is 4.57 Å². The highest BCUT2D eigenvalue weighted by Gasteiger charge is 2.48. The molecule has 1 atom stereocenters. The Balaban J connectivity index is 1.76. The fourth-order valence-electron chi connectivity index (χ4n) is 5.15. The number of halogens is 1. The number of aromatic nitrogens is 2. The van der Waals surface area contributed by atoms with Crippen LogP contribution in [0.1, 0.15) is 28.4 Å². The molecule has 0 saturated heterocycles. The van der Waals surface area contributed by atoms with Gasteiger partial charge in [-0.1, -0.05) is 103 Å². The first-order valence-corrected chi connectivity index (χ1v) is 11.2. The molecule has 1 aromatic heterocycles. The Labute approximate surface area is 192 Å². The third kappa shape index (κ3) is 2.77. The maximum atomic E-state index is 6.26. The standard InChI is InChI=1S/C29H21ClN2/c30-24-17-15-21(16-18-24)25-19-20-32-27-14-8-7-13-26(27)31-28(32)29(25,22-9-3-1-4-10-22)23-11-5-2-6-12-23/h1-20,25H. The average Bonchev–Trinajstić information content (AvgIpc) is 3.24. The van der Waals surface area contributed by atoms with Crippen molar-refractivity contribution < 1.29 is 0 Å². The van der Waals surface area contributed by atoms with Crippen LogP contribution >= 0.6 is 11.6 Å². The highest BCUT2D eigenvalue weighted by molar-refractivity contribution is 6.30. The monoisotopic (exact) mass is 432 g/mol. The van der Waals surface area contributed by atoms with Gasteiger partial charge in [0.15, 0.2) is 0 Å². The molecule has 1 aliphatic rings. The van der Waals surface area contributed by atoms with Crippen LogP contribution in [0.15, 0.2) is 115 Å². The zero-order valence-corrected chi connectivity index (χ0v) is 18.2.